The maximum absolute atomic E-state index is 13.3. The van der Waals surface area contributed by atoms with Crippen molar-refractivity contribution in [2.45, 2.75) is 18.4 Å². The van der Waals surface area contributed by atoms with Crippen LogP contribution in [-0.2, 0) is 16.6 Å². The molecule has 0 saturated carbocycles. The number of sulfonamides is 1. The Hall–Kier alpha value is -1.62. The van der Waals surface area contributed by atoms with Crippen LogP contribution >= 0.6 is 11.3 Å². The first-order valence-corrected chi connectivity index (χ1v) is 10.4. The van der Waals surface area contributed by atoms with Crippen molar-refractivity contribution in [1.82, 2.24) is 13.8 Å². The fourth-order valence-corrected chi connectivity index (χ4v) is 5.09. The van der Waals surface area contributed by atoms with Crippen LogP contribution in [0, 0.1) is 18.6 Å². The zero-order valence-electron chi connectivity index (χ0n) is 14.2. The lowest BCUT2D eigenvalue weighted by molar-refractivity contribution is 0.182. The number of piperazine rings is 1. The third-order valence-electron chi connectivity index (χ3n) is 4.48. The number of thiazole rings is 1. The second-order valence-corrected chi connectivity index (χ2v) is 8.87. The zero-order chi connectivity index (χ0) is 18.9. The fourth-order valence-electron chi connectivity index (χ4n) is 2.90. The molecule has 0 N–H and O–H groups in total. The van der Waals surface area contributed by atoms with Gasteiger partial charge in [-0.1, -0.05) is 11.3 Å². The molecule has 26 heavy (non-hydrogen) atoms. The molecule has 1 fully saturated rings. The first-order chi connectivity index (χ1) is 12.3. The quantitative estimate of drug-likeness (QED) is 0.759. The Labute approximate surface area is 154 Å². The Morgan fingerprint density at radius 2 is 1.77 bits per heavy atom. The minimum Gasteiger partial charge on any atom is -0.302 e. The summed E-state index contributed by atoms with van der Waals surface area (Å²) in [4.78, 5) is 13.6. The molecule has 10 heteroatoms. The van der Waals surface area contributed by atoms with Gasteiger partial charge in [-0.05, 0) is 25.1 Å². The van der Waals surface area contributed by atoms with E-state index in [9.17, 15) is 22.0 Å². The Morgan fingerprint density at radius 1 is 1.08 bits per heavy atom. The summed E-state index contributed by atoms with van der Waals surface area (Å²) in [5.74, 6) is -2.26. The summed E-state index contributed by atoms with van der Waals surface area (Å²) in [6.07, 6.45) is 0. The second kappa shape index (κ2) is 7.55. The fraction of sp³-hybridized carbons (Fsp3) is 0.438. The van der Waals surface area contributed by atoms with Crippen molar-refractivity contribution in [3.05, 3.63) is 50.6 Å². The highest BCUT2D eigenvalue weighted by Crippen LogP contribution is 2.20. The maximum atomic E-state index is 13.3. The van der Waals surface area contributed by atoms with Gasteiger partial charge in [0.1, 0.15) is 0 Å². The predicted molar refractivity (Wildman–Crippen MR) is 94.9 cm³/mol. The van der Waals surface area contributed by atoms with E-state index in [0.29, 0.717) is 32.2 Å². The van der Waals surface area contributed by atoms with E-state index in [-0.39, 0.29) is 22.9 Å². The van der Waals surface area contributed by atoms with E-state index >= 15 is 0 Å². The van der Waals surface area contributed by atoms with Crippen LogP contribution in [-0.4, -0.2) is 54.9 Å². The van der Waals surface area contributed by atoms with Crippen molar-refractivity contribution in [3.8, 4) is 0 Å². The predicted octanol–water partition coefficient (Wildman–Crippen LogP) is 1.50. The first kappa shape index (κ1) is 19.2. The van der Waals surface area contributed by atoms with Crippen molar-refractivity contribution in [2.24, 2.45) is 0 Å². The molecule has 0 atom stereocenters. The summed E-state index contributed by atoms with van der Waals surface area (Å²) < 4.78 is 54.5. The van der Waals surface area contributed by atoms with Crippen LogP contribution in [0.15, 0.2) is 33.3 Å². The topological polar surface area (TPSA) is 62.6 Å². The van der Waals surface area contributed by atoms with Gasteiger partial charge in [0.25, 0.3) is 0 Å². The Morgan fingerprint density at radius 3 is 2.35 bits per heavy atom. The number of hydrogen-bond donors (Lipinski definition) is 0. The van der Waals surface area contributed by atoms with Crippen molar-refractivity contribution in [3.63, 3.8) is 0 Å². The summed E-state index contributed by atoms with van der Waals surface area (Å²) in [6, 6.07) is 2.61. The molecule has 0 bridgehead atoms. The van der Waals surface area contributed by atoms with Crippen LogP contribution in [0.5, 0.6) is 0 Å². The number of aryl methyl sites for hydroxylation is 1. The van der Waals surface area contributed by atoms with Crippen molar-refractivity contribution >= 4 is 21.4 Å². The van der Waals surface area contributed by atoms with Crippen LogP contribution in [0.2, 0.25) is 0 Å². The van der Waals surface area contributed by atoms with Gasteiger partial charge < -0.3 is 4.57 Å². The van der Waals surface area contributed by atoms with Gasteiger partial charge in [0, 0.05) is 50.3 Å². The molecule has 2 heterocycles. The molecule has 3 rings (SSSR count). The SMILES string of the molecule is Cc1csc(=O)n1CCN1CCN(S(=O)(=O)c2ccc(F)c(F)c2)CC1. The molecule has 1 saturated heterocycles. The van der Waals surface area contributed by atoms with Crippen molar-refractivity contribution in [2.75, 3.05) is 32.7 Å². The monoisotopic (exact) mass is 403 g/mol. The van der Waals surface area contributed by atoms with Crippen LogP contribution < -0.4 is 4.87 Å². The number of rotatable bonds is 5. The summed E-state index contributed by atoms with van der Waals surface area (Å²) in [5.41, 5.74) is 0.916. The molecular weight excluding hydrogens is 384 g/mol. The van der Waals surface area contributed by atoms with Crippen molar-refractivity contribution < 1.29 is 17.2 Å². The first-order valence-electron chi connectivity index (χ1n) is 8.11. The zero-order valence-corrected chi connectivity index (χ0v) is 15.8. The standard InChI is InChI=1S/C16H19F2N3O3S2/c1-12-11-25-16(22)21(12)9-6-19-4-7-20(8-5-19)26(23,24)13-2-3-14(17)15(18)10-13/h2-3,10-11H,4-9H2,1H3. The Kier molecular flexibility index (Phi) is 5.56. The molecule has 0 spiro atoms. The molecule has 1 aromatic heterocycles. The maximum Gasteiger partial charge on any atom is 0.307 e. The smallest absolute Gasteiger partial charge is 0.302 e. The summed E-state index contributed by atoms with van der Waals surface area (Å²) >= 11 is 1.17. The van der Waals surface area contributed by atoms with Gasteiger partial charge in [0.15, 0.2) is 11.6 Å². The number of hydrogen-bond acceptors (Lipinski definition) is 5. The average molecular weight is 403 g/mol. The van der Waals surface area contributed by atoms with E-state index in [4.69, 9.17) is 0 Å². The van der Waals surface area contributed by atoms with E-state index in [1.807, 2.05) is 12.3 Å². The molecule has 0 amide bonds. The molecule has 2 aromatic rings. The number of aromatic nitrogens is 1. The normalized spacial score (nSPS) is 16.9. The lowest BCUT2D eigenvalue weighted by atomic mass is 10.3. The molecule has 1 aromatic carbocycles. The number of nitrogens with zero attached hydrogens (tertiary/aromatic N) is 3. The van der Waals surface area contributed by atoms with Crippen LogP contribution in [0.1, 0.15) is 5.69 Å². The van der Waals surface area contributed by atoms with E-state index < -0.39 is 21.7 Å². The molecule has 142 valence electrons. The Bertz CT molecular complexity index is 948. The molecule has 1 aliphatic rings. The van der Waals surface area contributed by atoms with E-state index in [1.54, 1.807) is 4.57 Å². The summed E-state index contributed by atoms with van der Waals surface area (Å²) in [5, 5.41) is 1.81. The van der Waals surface area contributed by atoms with E-state index in [0.717, 1.165) is 17.8 Å². The molecule has 0 unspecified atom stereocenters. The van der Waals surface area contributed by atoms with Gasteiger partial charge in [0.2, 0.25) is 10.0 Å². The van der Waals surface area contributed by atoms with Gasteiger partial charge >= 0.3 is 4.87 Å². The molecule has 0 radical (unpaired) electrons. The summed E-state index contributed by atoms with van der Waals surface area (Å²) in [7, 11) is -3.85. The van der Waals surface area contributed by atoms with Crippen LogP contribution in [0.3, 0.4) is 0 Å². The van der Waals surface area contributed by atoms with Crippen molar-refractivity contribution in [1.29, 1.82) is 0 Å². The number of benzene rings is 1. The molecule has 1 aliphatic heterocycles. The lowest BCUT2D eigenvalue weighted by Gasteiger charge is -2.34. The third-order valence-corrected chi connectivity index (χ3v) is 7.25. The average Bonchev–Trinajstić information content (AvgIpc) is 2.94. The van der Waals surface area contributed by atoms with Crippen LogP contribution in [0.4, 0.5) is 8.78 Å². The van der Waals surface area contributed by atoms with Gasteiger partial charge in [0.05, 0.1) is 4.90 Å². The minimum atomic E-state index is -3.85. The molecule has 6 nitrogen and oxygen atoms in total. The third kappa shape index (κ3) is 3.88. The summed E-state index contributed by atoms with van der Waals surface area (Å²) in [6.45, 7) is 4.64. The van der Waals surface area contributed by atoms with Gasteiger partial charge in [-0.15, -0.1) is 0 Å². The van der Waals surface area contributed by atoms with Gasteiger partial charge in [-0.25, -0.2) is 17.2 Å². The highest BCUT2D eigenvalue weighted by Gasteiger charge is 2.29. The van der Waals surface area contributed by atoms with E-state index in [2.05, 4.69) is 4.90 Å². The van der Waals surface area contributed by atoms with E-state index in [1.165, 1.54) is 15.6 Å². The Balaban J connectivity index is 1.60. The molecule has 0 aliphatic carbocycles. The highest BCUT2D eigenvalue weighted by molar-refractivity contribution is 7.89. The van der Waals surface area contributed by atoms with Gasteiger partial charge in [-0.3, -0.25) is 9.69 Å². The van der Waals surface area contributed by atoms with Crippen LogP contribution in [0.25, 0.3) is 0 Å². The lowest BCUT2D eigenvalue weighted by Crippen LogP contribution is -2.49. The van der Waals surface area contributed by atoms with Gasteiger partial charge in [-0.2, -0.15) is 4.31 Å². The number of halogens is 2. The minimum absolute atomic E-state index is 0.00190. The largest absolute Gasteiger partial charge is 0.307 e. The highest BCUT2D eigenvalue weighted by atomic mass is 32.2. The molecular formula is C16H19F2N3O3S2. The second-order valence-electron chi connectivity index (χ2n) is 6.12.